The highest BCUT2D eigenvalue weighted by atomic mass is 16.4. The standard InChI is InChI=1S/C15H19N3O5/c1-2-17-7-8-18(14(22)13(17)21)15(23)16-11-6-4-3-5-10(11)9-12(19)20/h3-4H,2,5-9H2,1H3,(H,16,23)(H,19,20). The number of aliphatic carboxylic acids is 1. The highest BCUT2D eigenvalue weighted by Gasteiger charge is 2.35. The van der Waals surface area contributed by atoms with Gasteiger partial charge in [0.15, 0.2) is 0 Å². The summed E-state index contributed by atoms with van der Waals surface area (Å²) in [7, 11) is 0. The molecule has 2 aliphatic rings. The first-order valence-electron chi connectivity index (χ1n) is 7.43. The third kappa shape index (κ3) is 3.77. The second kappa shape index (κ2) is 7.08. The van der Waals surface area contributed by atoms with E-state index < -0.39 is 23.8 Å². The fourth-order valence-electron chi connectivity index (χ4n) is 2.56. The molecule has 0 unspecified atom stereocenters. The van der Waals surface area contributed by atoms with Gasteiger partial charge in [-0.15, -0.1) is 0 Å². The average Bonchev–Trinajstić information content (AvgIpc) is 2.51. The summed E-state index contributed by atoms with van der Waals surface area (Å²) in [4.78, 5) is 49.2. The topological polar surface area (TPSA) is 107 Å². The number of amides is 4. The number of carboxylic acids is 1. The van der Waals surface area contributed by atoms with Crippen LogP contribution in [0.3, 0.4) is 0 Å². The molecule has 124 valence electrons. The van der Waals surface area contributed by atoms with Gasteiger partial charge in [0.2, 0.25) is 0 Å². The number of allylic oxidation sites excluding steroid dienone is 2. The normalized spacial score (nSPS) is 18.5. The van der Waals surface area contributed by atoms with Crippen molar-refractivity contribution >= 4 is 23.8 Å². The number of imide groups is 1. The van der Waals surface area contributed by atoms with E-state index in [1.807, 2.05) is 12.2 Å². The van der Waals surface area contributed by atoms with E-state index in [2.05, 4.69) is 5.32 Å². The van der Waals surface area contributed by atoms with Crippen LogP contribution in [0.4, 0.5) is 4.79 Å². The summed E-state index contributed by atoms with van der Waals surface area (Å²) in [6.45, 7) is 2.61. The first kappa shape index (κ1) is 16.7. The monoisotopic (exact) mass is 321 g/mol. The molecule has 0 aromatic heterocycles. The molecule has 8 heteroatoms. The number of carbonyl (C=O) groups excluding carboxylic acids is 3. The SMILES string of the molecule is CCN1CCN(C(=O)NC2=C(CC(=O)O)CC=CC2)C(=O)C1=O. The van der Waals surface area contributed by atoms with Crippen LogP contribution in [0, 0.1) is 0 Å². The Morgan fingerprint density at radius 1 is 1.17 bits per heavy atom. The molecule has 0 saturated carbocycles. The lowest BCUT2D eigenvalue weighted by Crippen LogP contribution is -2.58. The van der Waals surface area contributed by atoms with Crippen molar-refractivity contribution in [2.24, 2.45) is 0 Å². The Morgan fingerprint density at radius 2 is 1.87 bits per heavy atom. The predicted molar refractivity (Wildman–Crippen MR) is 80.2 cm³/mol. The molecule has 1 aliphatic heterocycles. The Hall–Kier alpha value is -2.64. The van der Waals surface area contributed by atoms with Crippen LogP contribution < -0.4 is 5.32 Å². The molecule has 8 nitrogen and oxygen atoms in total. The van der Waals surface area contributed by atoms with Crippen molar-refractivity contribution in [1.82, 2.24) is 15.1 Å². The van der Waals surface area contributed by atoms with Crippen molar-refractivity contribution in [3.63, 3.8) is 0 Å². The Labute approximate surface area is 133 Å². The van der Waals surface area contributed by atoms with E-state index >= 15 is 0 Å². The molecule has 1 aliphatic carbocycles. The number of nitrogens with zero attached hydrogens (tertiary/aromatic N) is 2. The molecule has 0 spiro atoms. The van der Waals surface area contributed by atoms with Crippen LogP contribution in [-0.2, 0) is 14.4 Å². The molecule has 1 saturated heterocycles. The summed E-state index contributed by atoms with van der Waals surface area (Å²) in [5.74, 6) is -2.54. The lowest BCUT2D eigenvalue weighted by molar-refractivity contribution is -0.153. The van der Waals surface area contributed by atoms with Crippen molar-refractivity contribution < 1.29 is 24.3 Å². The van der Waals surface area contributed by atoms with Crippen LogP contribution in [0.1, 0.15) is 26.2 Å². The minimum Gasteiger partial charge on any atom is -0.481 e. The van der Waals surface area contributed by atoms with Crippen molar-refractivity contribution in [3.8, 4) is 0 Å². The Kier molecular flexibility index (Phi) is 5.15. The van der Waals surface area contributed by atoms with Crippen molar-refractivity contribution in [1.29, 1.82) is 0 Å². The first-order valence-corrected chi connectivity index (χ1v) is 7.43. The van der Waals surface area contributed by atoms with Crippen molar-refractivity contribution in [3.05, 3.63) is 23.4 Å². The number of rotatable bonds is 4. The average molecular weight is 321 g/mol. The number of carbonyl (C=O) groups is 4. The van der Waals surface area contributed by atoms with Gasteiger partial charge < -0.3 is 15.3 Å². The zero-order chi connectivity index (χ0) is 17.0. The number of carboxylic acid groups (broad SMARTS) is 1. The van der Waals surface area contributed by atoms with E-state index in [4.69, 9.17) is 5.11 Å². The maximum Gasteiger partial charge on any atom is 0.328 e. The van der Waals surface area contributed by atoms with E-state index in [-0.39, 0.29) is 13.0 Å². The third-order valence-electron chi connectivity index (χ3n) is 3.84. The van der Waals surface area contributed by atoms with E-state index in [0.717, 1.165) is 4.90 Å². The fraction of sp³-hybridized carbons (Fsp3) is 0.467. The van der Waals surface area contributed by atoms with Gasteiger partial charge in [-0.2, -0.15) is 0 Å². The highest BCUT2D eigenvalue weighted by molar-refractivity contribution is 6.38. The van der Waals surface area contributed by atoms with E-state index in [0.29, 0.717) is 37.2 Å². The Morgan fingerprint density at radius 3 is 2.52 bits per heavy atom. The van der Waals surface area contributed by atoms with Gasteiger partial charge in [0.05, 0.1) is 6.42 Å². The molecule has 0 bridgehead atoms. The Balaban J connectivity index is 2.08. The minimum atomic E-state index is -0.982. The predicted octanol–water partition coefficient (Wildman–Crippen LogP) is 0.465. The van der Waals surface area contributed by atoms with Crippen molar-refractivity contribution in [2.75, 3.05) is 19.6 Å². The van der Waals surface area contributed by atoms with Crippen LogP contribution in [0.15, 0.2) is 23.4 Å². The molecular formula is C15H19N3O5. The van der Waals surface area contributed by atoms with Crippen LogP contribution in [0.25, 0.3) is 0 Å². The van der Waals surface area contributed by atoms with Gasteiger partial charge in [-0.25, -0.2) is 4.79 Å². The van der Waals surface area contributed by atoms with Crippen molar-refractivity contribution in [2.45, 2.75) is 26.2 Å². The lowest BCUT2D eigenvalue weighted by atomic mass is 9.99. The molecule has 2 rings (SSSR count). The number of likely N-dealkylation sites (N-methyl/N-ethyl adjacent to an activating group) is 1. The minimum absolute atomic E-state index is 0.127. The largest absolute Gasteiger partial charge is 0.481 e. The lowest BCUT2D eigenvalue weighted by Gasteiger charge is -2.32. The number of hydrogen-bond acceptors (Lipinski definition) is 4. The first-order chi connectivity index (χ1) is 10.9. The summed E-state index contributed by atoms with van der Waals surface area (Å²) in [6.07, 6.45) is 4.33. The second-order valence-electron chi connectivity index (χ2n) is 5.30. The van der Waals surface area contributed by atoms with Crippen LogP contribution in [0.2, 0.25) is 0 Å². The zero-order valence-electron chi connectivity index (χ0n) is 12.9. The molecular weight excluding hydrogens is 302 g/mol. The maximum atomic E-state index is 12.3. The molecule has 0 radical (unpaired) electrons. The maximum absolute atomic E-state index is 12.3. The van der Waals surface area contributed by atoms with Gasteiger partial charge in [-0.3, -0.25) is 19.3 Å². The van der Waals surface area contributed by atoms with E-state index in [1.165, 1.54) is 4.90 Å². The second-order valence-corrected chi connectivity index (χ2v) is 5.30. The number of nitrogens with one attached hydrogen (secondary N) is 1. The van der Waals surface area contributed by atoms with Gasteiger partial charge >= 0.3 is 23.8 Å². The quantitative estimate of drug-likeness (QED) is 0.578. The summed E-state index contributed by atoms with van der Waals surface area (Å²) in [5, 5.41) is 11.5. The molecule has 2 N–H and O–H groups in total. The highest BCUT2D eigenvalue weighted by Crippen LogP contribution is 2.21. The number of piperazine rings is 1. The molecule has 4 amide bonds. The number of urea groups is 1. The summed E-state index contributed by atoms with van der Waals surface area (Å²) in [5.41, 5.74) is 1.08. The molecule has 0 aromatic carbocycles. The van der Waals surface area contributed by atoms with Gasteiger partial charge in [0, 0.05) is 31.8 Å². The van der Waals surface area contributed by atoms with Crippen LogP contribution >= 0.6 is 0 Å². The summed E-state index contributed by atoms with van der Waals surface area (Å²) >= 11 is 0. The van der Waals surface area contributed by atoms with Crippen LogP contribution in [0.5, 0.6) is 0 Å². The Bertz CT molecular complexity index is 608. The smallest absolute Gasteiger partial charge is 0.328 e. The molecule has 1 heterocycles. The van der Waals surface area contributed by atoms with Gasteiger partial charge in [-0.1, -0.05) is 12.2 Å². The van der Waals surface area contributed by atoms with Gasteiger partial charge in [-0.05, 0) is 18.9 Å². The zero-order valence-corrected chi connectivity index (χ0v) is 12.9. The third-order valence-corrected chi connectivity index (χ3v) is 3.84. The van der Waals surface area contributed by atoms with Gasteiger partial charge in [0.1, 0.15) is 0 Å². The van der Waals surface area contributed by atoms with E-state index in [9.17, 15) is 19.2 Å². The number of hydrogen-bond donors (Lipinski definition) is 2. The van der Waals surface area contributed by atoms with Gasteiger partial charge in [0.25, 0.3) is 0 Å². The fourth-order valence-corrected chi connectivity index (χ4v) is 2.56. The molecule has 0 aromatic rings. The summed E-state index contributed by atoms with van der Waals surface area (Å²) in [6, 6.07) is -0.688. The van der Waals surface area contributed by atoms with E-state index in [1.54, 1.807) is 6.92 Å². The molecule has 0 atom stereocenters. The molecule has 23 heavy (non-hydrogen) atoms. The summed E-state index contributed by atoms with van der Waals surface area (Å²) < 4.78 is 0. The van der Waals surface area contributed by atoms with Crippen LogP contribution in [-0.4, -0.2) is 58.4 Å². The molecule has 1 fully saturated rings.